The average molecular weight is 375 g/mol. The molecule has 0 atom stereocenters. The number of aryl methyl sites for hydroxylation is 1. The van der Waals surface area contributed by atoms with E-state index < -0.39 is 0 Å². The summed E-state index contributed by atoms with van der Waals surface area (Å²) in [6, 6.07) is 6.22. The van der Waals surface area contributed by atoms with Gasteiger partial charge in [-0.1, -0.05) is 25.4 Å². The molecule has 4 heteroatoms. The van der Waals surface area contributed by atoms with Gasteiger partial charge in [0.25, 0.3) is 0 Å². The van der Waals surface area contributed by atoms with Crippen molar-refractivity contribution in [2.45, 2.75) is 26.7 Å². The predicted molar refractivity (Wildman–Crippen MR) is 87.6 cm³/mol. The van der Waals surface area contributed by atoms with Gasteiger partial charge in [-0.3, -0.25) is 4.98 Å². The third-order valence-electron chi connectivity index (χ3n) is 2.81. The highest BCUT2D eigenvalue weighted by molar-refractivity contribution is 14.1. The van der Waals surface area contributed by atoms with Gasteiger partial charge >= 0.3 is 0 Å². The van der Waals surface area contributed by atoms with E-state index in [9.17, 15) is 0 Å². The Morgan fingerprint density at radius 2 is 2.06 bits per heavy atom. The van der Waals surface area contributed by atoms with Crippen LogP contribution in [0.2, 0.25) is 5.02 Å². The molecule has 1 aromatic heterocycles. The molecule has 2 aromatic rings. The maximum atomic E-state index is 6.30. The van der Waals surface area contributed by atoms with E-state index in [2.05, 4.69) is 58.9 Å². The molecule has 0 saturated carbocycles. The molecule has 1 N–H and O–H groups in total. The molecular formula is C14H16ClIN2. The molecule has 0 aliphatic heterocycles. The van der Waals surface area contributed by atoms with Crippen molar-refractivity contribution in [1.29, 1.82) is 0 Å². The Balaban J connectivity index is 2.64. The molecular weight excluding hydrogens is 359 g/mol. The summed E-state index contributed by atoms with van der Waals surface area (Å²) in [7, 11) is 0. The van der Waals surface area contributed by atoms with E-state index in [1.165, 1.54) is 0 Å². The van der Waals surface area contributed by atoms with E-state index >= 15 is 0 Å². The van der Waals surface area contributed by atoms with Crippen LogP contribution in [-0.4, -0.2) is 11.5 Å². The van der Waals surface area contributed by atoms with E-state index in [-0.39, 0.29) is 0 Å². The quantitative estimate of drug-likeness (QED) is 0.772. The number of anilines is 1. The second-order valence-corrected chi connectivity index (χ2v) is 5.88. The molecule has 0 unspecified atom stereocenters. The molecule has 0 bridgehead atoms. The fraction of sp³-hybridized carbons (Fsp3) is 0.357. The number of rotatable bonds is 4. The molecule has 0 amide bonds. The Kier molecular flexibility index (Phi) is 4.67. The summed E-state index contributed by atoms with van der Waals surface area (Å²) in [6.07, 6.45) is 2.02. The molecule has 1 aromatic carbocycles. The summed E-state index contributed by atoms with van der Waals surface area (Å²) < 4.78 is 1.13. The Bertz CT molecular complexity index is 569. The van der Waals surface area contributed by atoms with Gasteiger partial charge in [0.05, 0.1) is 10.5 Å². The van der Waals surface area contributed by atoms with Crippen LogP contribution in [0.1, 0.15) is 26.0 Å². The van der Waals surface area contributed by atoms with Crippen molar-refractivity contribution in [3.8, 4) is 0 Å². The van der Waals surface area contributed by atoms with E-state index in [4.69, 9.17) is 11.6 Å². The number of fused-ring (bicyclic) bond motifs is 1. The van der Waals surface area contributed by atoms with E-state index in [0.29, 0.717) is 0 Å². The van der Waals surface area contributed by atoms with Crippen molar-refractivity contribution in [2.24, 2.45) is 0 Å². The van der Waals surface area contributed by atoms with Crippen LogP contribution in [0.5, 0.6) is 0 Å². The van der Waals surface area contributed by atoms with Gasteiger partial charge < -0.3 is 5.32 Å². The van der Waals surface area contributed by atoms with Gasteiger partial charge in [-0.2, -0.15) is 0 Å². The van der Waals surface area contributed by atoms with Crippen molar-refractivity contribution in [3.63, 3.8) is 0 Å². The third-order valence-corrected chi connectivity index (χ3v) is 3.72. The number of pyridine rings is 1. The van der Waals surface area contributed by atoms with Crippen molar-refractivity contribution in [1.82, 2.24) is 4.98 Å². The van der Waals surface area contributed by atoms with Crippen LogP contribution in [0, 0.1) is 3.57 Å². The van der Waals surface area contributed by atoms with Crippen LogP contribution in [0.25, 0.3) is 10.9 Å². The minimum atomic E-state index is 0.728. The van der Waals surface area contributed by atoms with Gasteiger partial charge in [-0.05, 0) is 53.6 Å². The summed E-state index contributed by atoms with van der Waals surface area (Å²) >= 11 is 8.59. The third kappa shape index (κ3) is 2.88. The van der Waals surface area contributed by atoms with Crippen LogP contribution < -0.4 is 5.32 Å². The molecule has 0 aliphatic rings. The van der Waals surface area contributed by atoms with Crippen LogP contribution in [0.15, 0.2) is 18.2 Å². The number of nitrogens with zero attached hydrogens (tertiary/aromatic N) is 1. The van der Waals surface area contributed by atoms with Crippen LogP contribution in [0.3, 0.4) is 0 Å². The summed E-state index contributed by atoms with van der Waals surface area (Å²) in [6.45, 7) is 5.23. The van der Waals surface area contributed by atoms with Gasteiger partial charge in [0.2, 0.25) is 0 Å². The predicted octanol–water partition coefficient (Wildman–Crippen LogP) is 4.88. The zero-order valence-electron chi connectivity index (χ0n) is 10.6. The molecule has 0 aliphatic carbocycles. The molecule has 0 saturated heterocycles. The minimum Gasteiger partial charge on any atom is -0.384 e. The van der Waals surface area contributed by atoms with E-state index in [1.807, 2.05) is 6.07 Å². The second-order valence-electron chi connectivity index (χ2n) is 4.23. The summed E-state index contributed by atoms with van der Waals surface area (Å²) in [5.74, 6) is 0. The number of nitrogens with one attached hydrogen (secondary N) is 1. The van der Waals surface area contributed by atoms with E-state index in [0.717, 1.165) is 50.3 Å². The fourth-order valence-electron chi connectivity index (χ4n) is 1.89. The number of hydrogen-bond donors (Lipinski definition) is 1. The average Bonchev–Trinajstić information content (AvgIpc) is 2.36. The standard InChI is InChI=1S/C14H16ClIN2/c1-3-5-17-13-8-10(4-2)18-14-11(13)6-9(16)7-12(14)15/h6-8H,3-5H2,1-2H3,(H,17,18). The highest BCUT2D eigenvalue weighted by Gasteiger charge is 2.09. The Morgan fingerprint density at radius 1 is 1.28 bits per heavy atom. The maximum absolute atomic E-state index is 6.30. The Hall–Kier alpha value is -0.550. The molecule has 18 heavy (non-hydrogen) atoms. The lowest BCUT2D eigenvalue weighted by atomic mass is 10.1. The highest BCUT2D eigenvalue weighted by atomic mass is 127. The normalized spacial score (nSPS) is 10.9. The molecule has 0 spiro atoms. The number of hydrogen-bond acceptors (Lipinski definition) is 2. The molecule has 0 radical (unpaired) electrons. The minimum absolute atomic E-state index is 0.728. The Morgan fingerprint density at radius 3 is 2.72 bits per heavy atom. The second kappa shape index (κ2) is 6.06. The first-order valence-electron chi connectivity index (χ1n) is 6.18. The zero-order chi connectivity index (χ0) is 13.1. The fourth-order valence-corrected chi connectivity index (χ4v) is 2.96. The first-order valence-corrected chi connectivity index (χ1v) is 7.64. The molecule has 2 rings (SSSR count). The van der Waals surface area contributed by atoms with Crippen LogP contribution in [-0.2, 0) is 6.42 Å². The van der Waals surface area contributed by atoms with Crippen molar-refractivity contribution < 1.29 is 0 Å². The first-order chi connectivity index (χ1) is 8.65. The van der Waals surface area contributed by atoms with Gasteiger partial charge in [-0.15, -0.1) is 0 Å². The summed E-state index contributed by atoms with van der Waals surface area (Å²) in [4.78, 5) is 4.63. The molecule has 1 heterocycles. The Labute approximate surface area is 126 Å². The van der Waals surface area contributed by atoms with Crippen LogP contribution >= 0.6 is 34.2 Å². The maximum Gasteiger partial charge on any atom is 0.0912 e. The number of halogens is 2. The van der Waals surface area contributed by atoms with Crippen molar-refractivity contribution in [3.05, 3.63) is 32.5 Å². The highest BCUT2D eigenvalue weighted by Crippen LogP contribution is 2.31. The lowest BCUT2D eigenvalue weighted by molar-refractivity contribution is 0.977. The monoisotopic (exact) mass is 374 g/mol. The zero-order valence-corrected chi connectivity index (χ0v) is 13.5. The van der Waals surface area contributed by atoms with Crippen LogP contribution in [0.4, 0.5) is 5.69 Å². The van der Waals surface area contributed by atoms with Gasteiger partial charge in [0.15, 0.2) is 0 Å². The molecule has 96 valence electrons. The smallest absolute Gasteiger partial charge is 0.0912 e. The largest absolute Gasteiger partial charge is 0.384 e. The molecule has 0 fully saturated rings. The summed E-state index contributed by atoms with van der Waals surface area (Å²) in [5.41, 5.74) is 3.11. The first kappa shape index (κ1) is 13.9. The molecule has 2 nitrogen and oxygen atoms in total. The van der Waals surface area contributed by atoms with Gasteiger partial charge in [0.1, 0.15) is 0 Å². The van der Waals surface area contributed by atoms with Crippen molar-refractivity contribution >= 4 is 50.8 Å². The van der Waals surface area contributed by atoms with Gasteiger partial charge in [-0.25, -0.2) is 0 Å². The lowest BCUT2D eigenvalue weighted by Crippen LogP contribution is -2.03. The SMILES string of the molecule is CCCNc1cc(CC)nc2c(Cl)cc(I)cc12. The van der Waals surface area contributed by atoms with E-state index in [1.54, 1.807) is 0 Å². The van der Waals surface area contributed by atoms with Crippen molar-refractivity contribution in [2.75, 3.05) is 11.9 Å². The number of benzene rings is 1. The topological polar surface area (TPSA) is 24.9 Å². The lowest BCUT2D eigenvalue weighted by Gasteiger charge is -2.12. The number of aromatic nitrogens is 1. The van der Waals surface area contributed by atoms with Gasteiger partial charge in [0, 0.05) is 26.9 Å². The summed E-state index contributed by atoms with van der Waals surface area (Å²) in [5, 5.41) is 5.30.